The summed E-state index contributed by atoms with van der Waals surface area (Å²) >= 11 is 0. The second-order valence-electron chi connectivity index (χ2n) is 12.5. The molecule has 1 amide bonds. The number of aliphatic hydroxyl groups is 6. The Labute approximate surface area is 269 Å². The Morgan fingerprint density at radius 2 is 0.800 bits per heavy atom. The van der Waals surface area contributed by atoms with Gasteiger partial charge in [-0.2, -0.15) is 0 Å². The van der Waals surface area contributed by atoms with Gasteiger partial charge in [-0.1, -0.05) is 0 Å². The van der Waals surface area contributed by atoms with Gasteiger partial charge in [0.1, 0.15) is 0 Å². The number of nitrogens with zero attached hydrogens (tertiary/aromatic N) is 1. The first kappa shape index (κ1) is 44.0. The Bertz CT molecular complexity index is 661. The average molecular weight is 658 g/mol. The molecule has 0 radical (unpaired) electrons. The Balaban J connectivity index is 6.17. The minimum absolute atomic E-state index is 0.00547. The van der Waals surface area contributed by atoms with E-state index in [4.69, 9.17) is 28.4 Å². The molecule has 14 nitrogen and oxygen atoms in total. The molecule has 9 atom stereocenters. The van der Waals surface area contributed by atoms with Gasteiger partial charge >= 0.3 is 0 Å². The van der Waals surface area contributed by atoms with Crippen molar-refractivity contribution in [2.45, 2.75) is 116 Å². The van der Waals surface area contributed by atoms with Crippen LogP contribution in [0.2, 0.25) is 0 Å². The molecule has 0 heterocycles. The van der Waals surface area contributed by atoms with Gasteiger partial charge in [0.25, 0.3) is 0 Å². The normalized spacial score (nSPS) is 19.5. The van der Waals surface area contributed by atoms with Gasteiger partial charge in [0.15, 0.2) is 0 Å². The molecule has 270 valence electrons. The summed E-state index contributed by atoms with van der Waals surface area (Å²) < 4.78 is 34.6. The van der Waals surface area contributed by atoms with Crippen molar-refractivity contribution in [3.05, 3.63) is 0 Å². The number of carbonyl (C=O) groups excluding carboxylic acids is 1. The number of aliphatic hydroxyl groups excluding tert-OH is 6. The quantitative estimate of drug-likeness (QED) is 0.0643. The fraction of sp³-hybridized carbons (Fsp3) is 0.968. The van der Waals surface area contributed by atoms with E-state index in [0.717, 1.165) is 0 Å². The fourth-order valence-corrected chi connectivity index (χ4v) is 4.69. The third kappa shape index (κ3) is 20.1. The largest absolute Gasteiger partial charge is 0.394 e. The summed E-state index contributed by atoms with van der Waals surface area (Å²) in [6, 6.07) is 0. The molecule has 0 saturated heterocycles. The van der Waals surface area contributed by atoms with Crippen LogP contribution in [-0.2, 0) is 33.2 Å². The van der Waals surface area contributed by atoms with Crippen LogP contribution in [0.25, 0.3) is 0 Å². The number of hydrogen-bond acceptors (Lipinski definition) is 13. The van der Waals surface area contributed by atoms with Crippen LogP contribution in [0, 0.1) is 5.41 Å². The number of carbonyl (C=O) groups is 1. The van der Waals surface area contributed by atoms with E-state index in [0.29, 0.717) is 0 Å². The maximum Gasteiger partial charge on any atom is 0.228 e. The molecule has 0 bridgehead atoms. The van der Waals surface area contributed by atoms with E-state index in [1.165, 1.54) is 4.90 Å². The minimum atomic E-state index is -1.32. The van der Waals surface area contributed by atoms with Crippen molar-refractivity contribution in [2.24, 2.45) is 5.41 Å². The molecule has 0 spiro atoms. The first-order valence-electron chi connectivity index (χ1n) is 15.9. The maximum absolute atomic E-state index is 14.0. The predicted octanol–water partition coefficient (Wildman–Crippen LogP) is -0.278. The minimum Gasteiger partial charge on any atom is -0.394 e. The first-order chi connectivity index (χ1) is 21.1. The molecule has 0 aliphatic heterocycles. The molecule has 0 aromatic heterocycles. The lowest BCUT2D eigenvalue weighted by atomic mass is 9.72. The van der Waals surface area contributed by atoms with Crippen molar-refractivity contribution >= 4 is 5.91 Å². The summed E-state index contributed by atoms with van der Waals surface area (Å²) in [5.41, 5.74) is -1.32. The zero-order valence-corrected chi connectivity index (χ0v) is 28.7. The van der Waals surface area contributed by atoms with Crippen molar-refractivity contribution in [1.29, 1.82) is 0 Å². The van der Waals surface area contributed by atoms with Crippen molar-refractivity contribution in [3.8, 4) is 0 Å². The second-order valence-corrected chi connectivity index (χ2v) is 12.5. The van der Waals surface area contributed by atoms with Crippen LogP contribution in [0.3, 0.4) is 0 Å². The molecule has 0 rings (SSSR count). The molecule has 45 heavy (non-hydrogen) atoms. The van der Waals surface area contributed by atoms with Gasteiger partial charge in [0.05, 0.1) is 120 Å². The van der Waals surface area contributed by atoms with E-state index in [9.17, 15) is 35.4 Å². The molecule has 14 heteroatoms. The topological polar surface area (TPSA) is 197 Å². The molecule has 0 aromatic carbocycles. The van der Waals surface area contributed by atoms with Gasteiger partial charge in [-0.3, -0.25) is 4.79 Å². The highest BCUT2D eigenvalue weighted by atomic mass is 16.6. The molecule has 9 unspecified atom stereocenters. The Morgan fingerprint density at radius 1 is 0.533 bits per heavy atom. The highest BCUT2D eigenvalue weighted by Gasteiger charge is 2.45. The highest BCUT2D eigenvalue weighted by molar-refractivity contribution is 5.82. The van der Waals surface area contributed by atoms with Gasteiger partial charge in [-0.05, 0) is 60.8 Å². The molecule has 0 aromatic rings. The van der Waals surface area contributed by atoms with E-state index in [-0.39, 0.29) is 64.8 Å². The smallest absolute Gasteiger partial charge is 0.228 e. The van der Waals surface area contributed by atoms with Gasteiger partial charge < -0.3 is 64.0 Å². The van der Waals surface area contributed by atoms with Crippen LogP contribution in [0.5, 0.6) is 0 Å². The van der Waals surface area contributed by atoms with Crippen molar-refractivity contribution < 1.29 is 63.9 Å². The van der Waals surface area contributed by atoms with Crippen LogP contribution in [0.4, 0.5) is 0 Å². The third-order valence-electron chi connectivity index (χ3n) is 6.89. The monoisotopic (exact) mass is 657 g/mol. The second kappa shape index (κ2) is 24.2. The molecular weight excluding hydrogens is 594 g/mol. The summed E-state index contributed by atoms with van der Waals surface area (Å²) in [4.78, 5) is 15.4. The predicted molar refractivity (Wildman–Crippen MR) is 167 cm³/mol. The average Bonchev–Trinajstić information content (AvgIpc) is 2.99. The molecule has 6 N–H and O–H groups in total. The molecule has 0 aliphatic carbocycles. The molecule has 0 aliphatic rings. The maximum atomic E-state index is 14.0. The molecule has 0 saturated carbocycles. The summed E-state index contributed by atoms with van der Waals surface area (Å²) in [5, 5.41) is 59.5. The molecule has 0 fully saturated rings. The number of hydrogen-bond donors (Lipinski definition) is 6. The van der Waals surface area contributed by atoms with Gasteiger partial charge in [0, 0.05) is 14.1 Å². The number of ether oxygens (including phenoxy) is 6. The van der Waals surface area contributed by atoms with Crippen LogP contribution in [0.15, 0.2) is 0 Å². The summed E-state index contributed by atoms with van der Waals surface area (Å²) in [5.74, 6) is -0.330. The third-order valence-corrected chi connectivity index (χ3v) is 6.89. The van der Waals surface area contributed by atoms with E-state index >= 15 is 0 Å². The SMILES string of the molecule is CC(O)COC(C)COC(CO)CC(CC(CO)OCC(C)OCC(C)O)(CC(CO)OCC(C)OCC(C)O)C(=O)N(C)C. The summed E-state index contributed by atoms with van der Waals surface area (Å²) in [7, 11) is 3.19. The van der Waals surface area contributed by atoms with E-state index < -0.39 is 80.2 Å². The number of rotatable bonds is 28. The standard InChI is InChI=1S/C31H63NO13/c1-21(36)15-40-24(4)18-43-27(12-33)9-31(30(39)32(7)8,10-28(13-34)44-19-25(5)41-16-22(2)37)11-29(14-35)45-20-26(6)42-17-23(3)38/h21-29,33-38H,9-20H2,1-8H3. The Hall–Kier alpha value is -1.01. The zero-order chi connectivity index (χ0) is 34.6. The zero-order valence-electron chi connectivity index (χ0n) is 28.7. The van der Waals surface area contributed by atoms with Crippen LogP contribution < -0.4 is 0 Å². The Kier molecular flexibility index (Phi) is 23.6. The van der Waals surface area contributed by atoms with Crippen LogP contribution in [-0.4, -0.2) is 170 Å². The summed E-state index contributed by atoms with van der Waals surface area (Å²) in [6.07, 6.45) is -5.64. The fourth-order valence-electron chi connectivity index (χ4n) is 4.69. The molecular formula is C31H63NO13. The van der Waals surface area contributed by atoms with Crippen molar-refractivity contribution in [2.75, 3.05) is 73.6 Å². The van der Waals surface area contributed by atoms with Crippen LogP contribution in [0.1, 0.15) is 60.8 Å². The van der Waals surface area contributed by atoms with E-state index in [2.05, 4.69) is 0 Å². The van der Waals surface area contributed by atoms with Gasteiger partial charge in [0.2, 0.25) is 5.91 Å². The van der Waals surface area contributed by atoms with E-state index in [1.54, 1.807) is 55.6 Å². The summed E-state index contributed by atoms with van der Waals surface area (Å²) in [6.45, 7) is 9.43. The lowest BCUT2D eigenvalue weighted by Gasteiger charge is -2.41. The highest BCUT2D eigenvalue weighted by Crippen LogP contribution is 2.39. The van der Waals surface area contributed by atoms with Crippen molar-refractivity contribution in [3.63, 3.8) is 0 Å². The first-order valence-corrected chi connectivity index (χ1v) is 15.9. The van der Waals surface area contributed by atoms with E-state index in [1.807, 2.05) is 0 Å². The lowest BCUT2D eigenvalue weighted by Crippen LogP contribution is -2.49. The van der Waals surface area contributed by atoms with Crippen molar-refractivity contribution in [1.82, 2.24) is 4.90 Å². The van der Waals surface area contributed by atoms with Crippen LogP contribution >= 0.6 is 0 Å². The van der Waals surface area contributed by atoms with Gasteiger partial charge in [-0.25, -0.2) is 0 Å². The number of amides is 1. The van der Waals surface area contributed by atoms with Gasteiger partial charge in [-0.15, -0.1) is 0 Å². The lowest BCUT2D eigenvalue weighted by molar-refractivity contribution is -0.156. The Morgan fingerprint density at radius 3 is 1.00 bits per heavy atom.